The third-order valence-electron chi connectivity index (χ3n) is 2.59. The van der Waals surface area contributed by atoms with Crippen LogP contribution in [-0.2, 0) is 4.79 Å². The number of hydrogen-bond donors (Lipinski definition) is 1. The maximum atomic E-state index is 11.9. The highest BCUT2D eigenvalue weighted by Gasteiger charge is 2.05. The van der Waals surface area contributed by atoms with Gasteiger partial charge in [-0.2, -0.15) is 0 Å². The van der Waals surface area contributed by atoms with Gasteiger partial charge in [-0.3, -0.25) is 4.79 Å². The monoisotopic (exact) mass is 359 g/mol. The van der Waals surface area contributed by atoms with Crippen LogP contribution in [0.5, 0.6) is 0 Å². The van der Waals surface area contributed by atoms with Gasteiger partial charge in [0, 0.05) is 26.7 Å². The van der Waals surface area contributed by atoms with Gasteiger partial charge >= 0.3 is 0 Å². The summed E-state index contributed by atoms with van der Waals surface area (Å²) in [5.74, 6) is -0.366. The number of hydrogen-bond acceptors (Lipinski definition) is 1. The smallest absolute Gasteiger partial charge is 0.248 e. The molecule has 1 amide bonds. The first-order valence-corrected chi connectivity index (χ1v) is 7.36. The average molecular weight is 361 g/mol. The molecule has 0 unspecified atom stereocenters. The molecule has 108 valence electrons. The molecule has 0 radical (unpaired) electrons. The van der Waals surface area contributed by atoms with Gasteiger partial charge in [0.05, 0.1) is 10.7 Å². The second kappa shape index (κ2) is 7.19. The zero-order valence-electron chi connectivity index (χ0n) is 10.5. The van der Waals surface area contributed by atoms with Gasteiger partial charge in [-0.15, -0.1) is 0 Å². The molecule has 0 heterocycles. The van der Waals surface area contributed by atoms with E-state index >= 15 is 0 Å². The van der Waals surface area contributed by atoms with Gasteiger partial charge in [0.1, 0.15) is 0 Å². The van der Waals surface area contributed by atoms with E-state index in [-0.39, 0.29) is 5.91 Å². The van der Waals surface area contributed by atoms with Crippen LogP contribution in [0.25, 0.3) is 6.08 Å². The van der Waals surface area contributed by atoms with Crippen LogP contribution in [0.2, 0.25) is 20.1 Å². The molecule has 6 heteroatoms. The predicted octanol–water partition coefficient (Wildman–Crippen LogP) is 5.95. The van der Waals surface area contributed by atoms with Gasteiger partial charge in [0.15, 0.2) is 0 Å². The van der Waals surface area contributed by atoms with Crippen molar-refractivity contribution in [1.82, 2.24) is 0 Å². The first-order valence-electron chi connectivity index (χ1n) is 5.85. The molecule has 0 aliphatic carbocycles. The zero-order chi connectivity index (χ0) is 15.4. The minimum absolute atomic E-state index is 0.366. The Morgan fingerprint density at radius 3 is 2.29 bits per heavy atom. The lowest BCUT2D eigenvalue weighted by atomic mass is 10.2. The summed E-state index contributed by atoms with van der Waals surface area (Å²) in [4.78, 5) is 11.9. The molecule has 0 fully saturated rings. The summed E-state index contributed by atoms with van der Waals surface area (Å²) in [7, 11) is 0. The van der Waals surface area contributed by atoms with E-state index < -0.39 is 0 Å². The molecule has 0 aliphatic heterocycles. The summed E-state index contributed by atoms with van der Waals surface area (Å²) in [6.07, 6.45) is 2.86. The van der Waals surface area contributed by atoms with Crippen molar-refractivity contribution in [3.8, 4) is 0 Å². The second-order valence-corrected chi connectivity index (χ2v) is 5.74. The Bertz CT molecular complexity index is 693. The van der Waals surface area contributed by atoms with Crippen molar-refractivity contribution in [2.75, 3.05) is 5.32 Å². The van der Waals surface area contributed by atoms with E-state index in [1.807, 2.05) is 0 Å². The van der Waals surface area contributed by atoms with Crippen molar-refractivity contribution >= 4 is 64.1 Å². The molecule has 0 spiro atoms. The van der Waals surface area contributed by atoms with Crippen LogP contribution < -0.4 is 5.32 Å². The number of nitrogens with one attached hydrogen (secondary N) is 1. The molecule has 2 aromatic carbocycles. The maximum Gasteiger partial charge on any atom is 0.248 e. The summed E-state index contributed by atoms with van der Waals surface area (Å²) in [5, 5.41) is 4.44. The average Bonchev–Trinajstić information content (AvgIpc) is 2.42. The highest BCUT2D eigenvalue weighted by Crippen LogP contribution is 2.27. The van der Waals surface area contributed by atoms with E-state index in [2.05, 4.69) is 5.32 Å². The van der Waals surface area contributed by atoms with E-state index in [9.17, 15) is 4.79 Å². The molecule has 21 heavy (non-hydrogen) atoms. The van der Waals surface area contributed by atoms with Crippen LogP contribution in [0.3, 0.4) is 0 Å². The van der Waals surface area contributed by atoms with Crippen LogP contribution in [0, 0.1) is 0 Å². The lowest BCUT2D eigenvalue weighted by Gasteiger charge is -2.05. The maximum absolute atomic E-state index is 11.9. The van der Waals surface area contributed by atoms with Crippen LogP contribution >= 0.6 is 46.4 Å². The Balaban J connectivity index is 2.15. The van der Waals surface area contributed by atoms with Gasteiger partial charge < -0.3 is 5.32 Å². The number of anilines is 1. The second-order valence-electron chi connectivity index (χ2n) is 4.08. The van der Waals surface area contributed by atoms with Crippen LogP contribution in [0.1, 0.15) is 5.56 Å². The molecular formula is C15H9Cl4NO. The van der Waals surface area contributed by atoms with E-state index in [0.717, 1.165) is 0 Å². The molecule has 0 saturated carbocycles. The Morgan fingerprint density at radius 1 is 0.952 bits per heavy atom. The van der Waals surface area contributed by atoms with E-state index in [0.29, 0.717) is 31.3 Å². The molecule has 0 bridgehead atoms. The zero-order valence-corrected chi connectivity index (χ0v) is 13.6. The Labute approximate surface area is 142 Å². The highest BCUT2D eigenvalue weighted by atomic mass is 35.5. The van der Waals surface area contributed by atoms with E-state index in [1.165, 1.54) is 6.08 Å². The minimum Gasteiger partial charge on any atom is -0.321 e. The fraction of sp³-hybridized carbons (Fsp3) is 0. The lowest BCUT2D eigenvalue weighted by Crippen LogP contribution is -2.08. The summed E-state index contributed by atoms with van der Waals surface area (Å²) in [6.45, 7) is 0. The predicted molar refractivity (Wildman–Crippen MR) is 90.6 cm³/mol. The third-order valence-corrected chi connectivity index (χ3v) is 3.81. The largest absolute Gasteiger partial charge is 0.321 e. The molecule has 0 atom stereocenters. The fourth-order valence-electron chi connectivity index (χ4n) is 1.60. The topological polar surface area (TPSA) is 29.1 Å². The molecule has 0 aromatic heterocycles. The number of carbonyl (C=O) groups is 1. The summed E-state index contributed by atoms with van der Waals surface area (Å²) in [5.41, 5.74) is 1.01. The van der Waals surface area contributed by atoms with E-state index in [1.54, 1.807) is 42.5 Å². The molecule has 2 aromatic rings. The minimum atomic E-state index is -0.366. The Kier molecular flexibility index (Phi) is 5.54. The van der Waals surface area contributed by atoms with E-state index in [4.69, 9.17) is 46.4 Å². The molecule has 2 rings (SSSR count). The standard InChI is InChI=1S/C15H9Cl4NO/c16-9-4-6-13(19)14(8-9)20-15(21)7-5-10-11(17)2-1-3-12(10)18/h1-8H,(H,20,21)/b7-5+. The summed E-state index contributed by atoms with van der Waals surface area (Å²) >= 11 is 23.8. The van der Waals surface area contributed by atoms with Gasteiger partial charge in [0.2, 0.25) is 5.91 Å². The third kappa shape index (κ3) is 4.39. The van der Waals surface area contributed by atoms with Crippen molar-refractivity contribution in [2.24, 2.45) is 0 Å². The first-order chi connectivity index (χ1) is 9.97. The molecule has 1 N–H and O–H groups in total. The van der Waals surface area contributed by atoms with Crippen molar-refractivity contribution in [1.29, 1.82) is 0 Å². The van der Waals surface area contributed by atoms with Crippen LogP contribution in [0.15, 0.2) is 42.5 Å². The molecule has 0 aliphatic rings. The van der Waals surface area contributed by atoms with Crippen molar-refractivity contribution in [3.05, 3.63) is 68.1 Å². The van der Waals surface area contributed by atoms with Crippen LogP contribution in [-0.4, -0.2) is 5.91 Å². The SMILES string of the molecule is O=C(/C=C/c1c(Cl)cccc1Cl)Nc1cc(Cl)ccc1Cl. The number of carbonyl (C=O) groups excluding carboxylic acids is 1. The lowest BCUT2D eigenvalue weighted by molar-refractivity contribution is -0.111. The van der Waals surface area contributed by atoms with Gasteiger partial charge in [-0.25, -0.2) is 0 Å². The summed E-state index contributed by atoms with van der Waals surface area (Å²) < 4.78 is 0. The quantitative estimate of drug-likeness (QED) is 0.673. The van der Waals surface area contributed by atoms with Crippen LogP contribution in [0.4, 0.5) is 5.69 Å². The number of benzene rings is 2. The fourth-order valence-corrected chi connectivity index (χ4v) is 2.46. The van der Waals surface area contributed by atoms with Crippen molar-refractivity contribution in [2.45, 2.75) is 0 Å². The Hall–Kier alpha value is -1.19. The molecular weight excluding hydrogens is 352 g/mol. The number of rotatable bonds is 3. The van der Waals surface area contributed by atoms with Crippen molar-refractivity contribution < 1.29 is 4.79 Å². The summed E-state index contributed by atoms with van der Waals surface area (Å²) in [6, 6.07) is 9.93. The van der Waals surface area contributed by atoms with Gasteiger partial charge in [-0.1, -0.05) is 52.5 Å². The Morgan fingerprint density at radius 2 is 1.62 bits per heavy atom. The van der Waals surface area contributed by atoms with Crippen molar-refractivity contribution in [3.63, 3.8) is 0 Å². The first kappa shape index (κ1) is 16.2. The molecule has 0 saturated heterocycles. The number of halogens is 4. The van der Waals surface area contributed by atoms with Gasteiger partial charge in [0.25, 0.3) is 0 Å². The number of amides is 1. The van der Waals surface area contributed by atoms with Gasteiger partial charge in [-0.05, 0) is 36.4 Å². The highest BCUT2D eigenvalue weighted by molar-refractivity contribution is 6.37. The normalized spacial score (nSPS) is 10.9. The molecule has 2 nitrogen and oxygen atoms in total.